The SMILES string of the molecule is [CH2]C(O)C(=O)Cl. The van der Waals surface area contributed by atoms with E-state index in [9.17, 15) is 4.79 Å². The molecule has 6 heavy (non-hydrogen) atoms. The summed E-state index contributed by atoms with van der Waals surface area (Å²) in [5.74, 6) is 0. The van der Waals surface area contributed by atoms with Crippen LogP contribution in [0.2, 0.25) is 0 Å². The molecule has 0 spiro atoms. The van der Waals surface area contributed by atoms with Crippen LogP contribution in [0.25, 0.3) is 0 Å². The standard InChI is InChI=1S/C3H4ClO2/c1-2(5)3(4)6/h2,5H,1H2. The molecule has 0 bridgehead atoms. The molecule has 1 atom stereocenters. The zero-order valence-corrected chi connectivity index (χ0v) is 3.77. The molecule has 0 aromatic heterocycles. The van der Waals surface area contributed by atoms with E-state index in [-0.39, 0.29) is 0 Å². The summed E-state index contributed by atoms with van der Waals surface area (Å²) in [6, 6.07) is 0. The van der Waals surface area contributed by atoms with Gasteiger partial charge >= 0.3 is 0 Å². The minimum absolute atomic E-state index is 0.824. The zero-order valence-electron chi connectivity index (χ0n) is 3.02. The first-order valence-corrected chi connectivity index (χ1v) is 1.73. The smallest absolute Gasteiger partial charge is 0.250 e. The Bertz CT molecular complexity index is 59.8. The van der Waals surface area contributed by atoms with Crippen LogP contribution in [-0.4, -0.2) is 16.5 Å². The van der Waals surface area contributed by atoms with Crippen molar-refractivity contribution < 1.29 is 9.90 Å². The summed E-state index contributed by atoms with van der Waals surface area (Å²) in [7, 11) is 0. The molecule has 0 heterocycles. The topological polar surface area (TPSA) is 37.3 Å². The van der Waals surface area contributed by atoms with Gasteiger partial charge in [0, 0.05) is 0 Å². The van der Waals surface area contributed by atoms with Crippen molar-refractivity contribution >= 4 is 16.8 Å². The lowest BCUT2D eigenvalue weighted by Gasteiger charge is -1.87. The van der Waals surface area contributed by atoms with Gasteiger partial charge in [-0.3, -0.25) is 4.79 Å². The van der Waals surface area contributed by atoms with E-state index in [2.05, 4.69) is 18.5 Å². The molecule has 1 radical (unpaired) electrons. The summed E-state index contributed by atoms with van der Waals surface area (Å²) in [4.78, 5) is 9.60. The molecule has 0 amide bonds. The largest absolute Gasteiger partial charge is 0.384 e. The molecule has 0 saturated carbocycles. The lowest BCUT2D eigenvalue weighted by Crippen LogP contribution is -2.08. The van der Waals surface area contributed by atoms with E-state index in [1.165, 1.54) is 0 Å². The van der Waals surface area contributed by atoms with E-state index in [1.807, 2.05) is 0 Å². The molecule has 1 N–H and O–H groups in total. The maximum Gasteiger partial charge on any atom is 0.250 e. The summed E-state index contributed by atoms with van der Waals surface area (Å²) in [6.45, 7) is 2.91. The van der Waals surface area contributed by atoms with Crippen molar-refractivity contribution in [3.63, 3.8) is 0 Å². The molecule has 0 rings (SSSR count). The molecule has 0 fully saturated rings. The second kappa shape index (κ2) is 2.16. The molecular weight excluding hydrogens is 103 g/mol. The Labute approximate surface area is 40.7 Å². The van der Waals surface area contributed by atoms with Gasteiger partial charge in [0.2, 0.25) is 5.24 Å². The maximum absolute atomic E-state index is 9.60. The Balaban J connectivity index is 3.26. The fourth-order valence-electron chi connectivity index (χ4n) is 0. The lowest BCUT2D eigenvalue weighted by atomic mass is 10.5. The lowest BCUT2D eigenvalue weighted by molar-refractivity contribution is -0.117. The van der Waals surface area contributed by atoms with Crippen molar-refractivity contribution in [1.82, 2.24) is 0 Å². The van der Waals surface area contributed by atoms with Crippen molar-refractivity contribution in [3.05, 3.63) is 6.92 Å². The molecule has 0 aliphatic heterocycles. The van der Waals surface area contributed by atoms with Crippen LogP contribution in [0.1, 0.15) is 0 Å². The third kappa shape index (κ3) is 2.18. The first-order valence-electron chi connectivity index (χ1n) is 1.35. The number of carbonyl (C=O) groups excluding carboxylic acids is 1. The molecule has 35 valence electrons. The van der Waals surface area contributed by atoms with Crippen LogP contribution in [0, 0.1) is 6.92 Å². The van der Waals surface area contributed by atoms with Gasteiger partial charge in [0.05, 0.1) is 0 Å². The van der Waals surface area contributed by atoms with Crippen LogP contribution in [-0.2, 0) is 4.79 Å². The van der Waals surface area contributed by atoms with Crippen LogP contribution >= 0.6 is 11.6 Å². The summed E-state index contributed by atoms with van der Waals surface area (Å²) in [5.41, 5.74) is 0. The van der Waals surface area contributed by atoms with E-state index in [4.69, 9.17) is 5.11 Å². The monoisotopic (exact) mass is 107 g/mol. The summed E-state index contributed by atoms with van der Waals surface area (Å²) in [6.07, 6.45) is -1.27. The predicted molar refractivity (Wildman–Crippen MR) is 22.2 cm³/mol. The Hall–Kier alpha value is -0.0800. The Morgan fingerprint density at radius 3 is 2.17 bits per heavy atom. The summed E-state index contributed by atoms with van der Waals surface area (Å²) >= 11 is 4.66. The Kier molecular flexibility index (Phi) is 2.13. The van der Waals surface area contributed by atoms with Crippen LogP contribution in [0.15, 0.2) is 0 Å². The van der Waals surface area contributed by atoms with Crippen molar-refractivity contribution in [2.75, 3.05) is 0 Å². The van der Waals surface area contributed by atoms with E-state index < -0.39 is 11.3 Å². The fraction of sp³-hybridized carbons (Fsp3) is 0.333. The van der Waals surface area contributed by atoms with Crippen molar-refractivity contribution in [2.24, 2.45) is 0 Å². The number of aliphatic hydroxyl groups excluding tert-OH is 1. The molecular formula is C3H4ClO2. The van der Waals surface area contributed by atoms with Gasteiger partial charge in [0.1, 0.15) is 6.10 Å². The van der Waals surface area contributed by atoms with Gasteiger partial charge in [0.25, 0.3) is 0 Å². The van der Waals surface area contributed by atoms with Crippen molar-refractivity contribution in [2.45, 2.75) is 6.10 Å². The highest BCUT2D eigenvalue weighted by molar-refractivity contribution is 6.64. The molecule has 2 nitrogen and oxygen atoms in total. The number of carbonyl (C=O) groups is 1. The number of aliphatic hydroxyl groups is 1. The highest BCUT2D eigenvalue weighted by Gasteiger charge is 2.00. The first kappa shape index (κ1) is 5.92. The molecule has 0 aliphatic rings. The third-order valence-corrected chi connectivity index (χ3v) is 0.514. The van der Waals surface area contributed by atoms with Gasteiger partial charge in [-0.2, -0.15) is 0 Å². The van der Waals surface area contributed by atoms with Gasteiger partial charge in [-0.1, -0.05) is 0 Å². The number of hydrogen-bond donors (Lipinski definition) is 1. The third-order valence-electron chi connectivity index (χ3n) is 0.262. The van der Waals surface area contributed by atoms with Crippen LogP contribution in [0.5, 0.6) is 0 Å². The molecule has 0 aromatic rings. The molecule has 1 unspecified atom stereocenters. The average molecular weight is 108 g/mol. The van der Waals surface area contributed by atoms with Gasteiger partial charge in [-0.25, -0.2) is 0 Å². The molecule has 0 saturated heterocycles. The highest BCUT2D eigenvalue weighted by Crippen LogP contribution is 1.84. The second-order valence-corrected chi connectivity index (χ2v) is 1.19. The minimum atomic E-state index is -1.27. The Morgan fingerprint density at radius 1 is 2.00 bits per heavy atom. The summed E-state index contributed by atoms with van der Waals surface area (Å²) < 4.78 is 0. The highest BCUT2D eigenvalue weighted by atomic mass is 35.5. The second-order valence-electron chi connectivity index (χ2n) is 0.820. The normalized spacial score (nSPS) is 13.8. The Morgan fingerprint density at radius 2 is 2.17 bits per heavy atom. The zero-order chi connectivity index (χ0) is 5.15. The van der Waals surface area contributed by atoms with Gasteiger partial charge < -0.3 is 5.11 Å². The van der Waals surface area contributed by atoms with Crippen molar-refractivity contribution in [1.29, 1.82) is 0 Å². The summed E-state index contributed by atoms with van der Waals surface area (Å²) in [5, 5.41) is 7.21. The number of halogens is 1. The van der Waals surface area contributed by atoms with E-state index in [0.29, 0.717) is 0 Å². The number of hydrogen-bond acceptors (Lipinski definition) is 2. The molecule has 0 aliphatic carbocycles. The molecule has 0 aromatic carbocycles. The quantitative estimate of drug-likeness (QED) is 0.477. The van der Waals surface area contributed by atoms with Gasteiger partial charge in [-0.15, -0.1) is 0 Å². The molecule has 3 heteroatoms. The average Bonchev–Trinajstić information content (AvgIpc) is 1.36. The van der Waals surface area contributed by atoms with Crippen LogP contribution in [0.3, 0.4) is 0 Å². The van der Waals surface area contributed by atoms with Crippen LogP contribution in [0.4, 0.5) is 0 Å². The fourth-order valence-corrected chi connectivity index (χ4v) is 0. The van der Waals surface area contributed by atoms with E-state index in [1.54, 1.807) is 0 Å². The van der Waals surface area contributed by atoms with Crippen molar-refractivity contribution in [3.8, 4) is 0 Å². The van der Waals surface area contributed by atoms with Gasteiger partial charge in [-0.05, 0) is 18.5 Å². The number of rotatable bonds is 1. The van der Waals surface area contributed by atoms with Gasteiger partial charge in [0.15, 0.2) is 0 Å². The van der Waals surface area contributed by atoms with E-state index in [0.717, 1.165) is 0 Å². The van der Waals surface area contributed by atoms with Crippen LogP contribution < -0.4 is 0 Å². The van der Waals surface area contributed by atoms with E-state index >= 15 is 0 Å². The first-order chi connectivity index (χ1) is 2.64. The minimum Gasteiger partial charge on any atom is -0.384 e. The maximum atomic E-state index is 9.60. The predicted octanol–water partition coefficient (Wildman–Crippen LogP) is -0.0532.